The van der Waals surface area contributed by atoms with Crippen molar-refractivity contribution in [2.45, 2.75) is 4.90 Å². The van der Waals surface area contributed by atoms with Gasteiger partial charge in [-0.05, 0) is 6.07 Å². The van der Waals surface area contributed by atoms with E-state index in [-0.39, 0.29) is 10.6 Å². The fourth-order valence-corrected chi connectivity index (χ4v) is 0.957. The van der Waals surface area contributed by atoms with Gasteiger partial charge in [-0.3, -0.25) is 4.98 Å². The lowest BCUT2D eigenvalue weighted by atomic mass is 10.4. The molecule has 0 spiro atoms. The Hall–Kier alpha value is -0.940. The summed E-state index contributed by atoms with van der Waals surface area (Å²) < 4.78 is 19.0. The van der Waals surface area contributed by atoms with E-state index in [1.54, 1.807) is 0 Å². The predicted octanol–water partition coefficient (Wildman–Crippen LogP) is 0.244. The van der Waals surface area contributed by atoms with E-state index in [1.165, 1.54) is 18.5 Å². The Kier molecular flexibility index (Phi) is 1.98. The van der Waals surface area contributed by atoms with Gasteiger partial charge in [0.25, 0.3) is 0 Å². The van der Waals surface area contributed by atoms with Crippen LogP contribution in [0, 0.1) is 0 Å². The Morgan fingerprint density at radius 3 is 2.80 bits per heavy atom. The summed E-state index contributed by atoms with van der Waals surface area (Å²) in [6, 6.07) is 1.48. The molecule has 0 bridgehead atoms. The van der Waals surface area contributed by atoms with Gasteiger partial charge >= 0.3 is 0 Å². The van der Waals surface area contributed by atoms with E-state index in [2.05, 4.69) is 4.98 Å². The largest absolute Gasteiger partial charge is 0.398 e. The summed E-state index contributed by atoms with van der Waals surface area (Å²) in [5.41, 5.74) is 5.62. The van der Waals surface area contributed by atoms with Crippen molar-refractivity contribution in [2.75, 3.05) is 5.73 Å². The standard InChI is InChI=1S/C5H6N2O2S/c6-4-1-2-7-3-5(4)10(8)9/h1-3H,(H2,6,7)(H,8,9). The monoisotopic (exact) mass is 158 g/mol. The molecule has 1 atom stereocenters. The van der Waals surface area contributed by atoms with Gasteiger partial charge in [0, 0.05) is 12.4 Å². The van der Waals surface area contributed by atoms with Crippen LogP contribution in [-0.2, 0) is 11.1 Å². The minimum atomic E-state index is -2.03. The first kappa shape index (κ1) is 7.17. The second kappa shape index (κ2) is 2.76. The molecule has 1 unspecified atom stereocenters. The molecule has 1 aromatic rings. The molecule has 0 saturated carbocycles. The Bertz CT molecular complexity index is 264. The minimum absolute atomic E-state index is 0.155. The first-order valence-electron chi connectivity index (χ1n) is 2.52. The second-order valence-electron chi connectivity index (χ2n) is 1.66. The average Bonchev–Trinajstić information content (AvgIpc) is 1.88. The number of hydrogen-bond donors (Lipinski definition) is 2. The van der Waals surface area contributed by atoms with Crippen molar-refractivity contribution in [3.63, 3.8) is 0 Å². The molecule has 1 rings (SSSR count). The van der Waals surface area contributed by atoms with Crippen LogP contribution in [0.5, 0.6) is 0 Å². The number of nitrogens with zero attached hydrogens (tertiary/aromatic N) is 1. The van der Waals surface area contributed by atoms with E-state index in [9.17, 15) is 4.21 Å². The summed E-state index contributed by atoms with van der Waals surface area (Å²) in [7, 11) is 0. The molecule has 1 aromatic heterocycles. The molecule has 0 fully saturated rings. The first-order chi connectivity index (χ1) is 4.72. The summed E-state index contributed by atoms with van der Waals surface area (Å²) in [6.07, 6.45) is 2.73. The van der Waals surface area contributed by atoms with Crippen LogP contribution in [0.4, 0.5) is 5.69 Å². The van der Waals surface area contributed by atoms with Crippen molar-refractivity contribution < 1.29 is 8.76 Å². The zero-order valence-electron chi connectivity index (χ0n) is 5.02. The summed E-state index contributed by atoms with van der Waals surface area (Å²) >= 11 is -2.03. The van der Waals surface area contributed by atoms with E-state index in [0.717, 1.165) is 0 Å². The maximum atomic E-state index is 10.4. The van der Waals surface area contributed by atoms with E-state index >= 15 is 0 Å². The number of nitrogens with two attached hydrogens (primary N) is 1. The lowest BCUT2D eigenvalue weighted by Crippen LogP contribution is -1.96. The van der Waals surface area contributed by atoms with Crippen LogP contribution in [0.15, 0.2) is 23.4 Å². The highest BCUT2D eigenvalue weighted by atomic mass is 32.2. The molecule has 10 heavy (non-hydrogen) atoms. The van der Waals surface area contributed by atoms with Crippen LogP contribution in [0.3, 0.4) is 0 Å². The number of hydrogen-bond acceptors (Lipinski definition) is 3. The van der Waals surface area contributed by atoms with Crippen LogP contribution >= 0.6 is 0 Å². The molecule has 0 aromatic carbocycles. The van der Waals surface area contributed by atoms with Crippen LogP contribution in [0.2, 0.25) is 0 Å². The fraction of sp³-hybridized carbons (Fsp3) is 0. The van der Waals surface area contributed by atoms with Crippen LogP contribution in [0.1, 0.15) is 0 Å². The lowest BCUT2D eigenvalue weighted by molar-refractivity contribution is 0.564. The first-order valence-corrected chi connectivity index (χ1v) is 3.63. The zero-order valence-corrected chi connectivity index (χ0v) is 5.84. The minimum Gasteiger partial charge on any atom is -0.398 e. The van der Waals surface area contributed by atoms with Gasteiger partial charge in [-0.1, -0.05) is 0 Å². The predicted molar refractivity (Wildman–Crippen MR) is 37.7 cm³/mol. The lowest BCUT2D eigenvalue weighted by Gasteiger charge is -1.96. The van der Waals surface area contributed by atoms with Crippen molar-refractivity contribution in [3.05, 3.63) is 18.5 Å². The molecule has 0 aliphatic heterocycles. The van der Waals surface area contributed by atoms with Gasteiger partial charge in [0.05, 0.1) is 5.69 Å². The summed E-state index contributed by atoms with van der Waals surface area (Å²) in [4.78, 5) is 3.79. The molecule has 5 heteroatoms. The van der Waals surface area contributed by atoms with Crippen molar-refractivity contribution in [1.29, 1.82) is 0 Å². The van der Waals surface area contributed by atoms with E-state index in [0.29, 0.717) is 0 Å². The number of nitrogen functional groups attached to an aromatic ring is 1. The topological polar surface area (TPSA) is 76.2 Å². The molecule has 54 valence electrons. The third-order valence-electron chi connectivity index (χ3n) is 1.00. The van der Waals surface area contributed by atoms with Crippen molar-refractivity contribution in [3.8, 4) is 0 Å². The van der Waals surface area contributed by atoms with Gasteiger partial charge in [-0.25, -0.2) is 4.21 Å². The summed E-state index contributed by atoms with van der Waals surface area (Å²) in [5.74, 6) is 0. The van der Waals surface area contributed by atoms with Gasteiger partial charge < -0.3 is 10.3 Å². The highest BCUT2D eigenvalue weighted by Gasteiger charge is 2.02. The Morgan fingerprint density at radius 1 is 1.70 bits per heavy atom. The molecule has 0 amide bonds. The molecular weight excluding hydrogens is 152 g/mol. The number of rotatable bonds is 1. The number of aromatic nitrogens is 1. The summed E-state index contributed by atoms with van der Waals surface area (Å²) in [6.45, 7) is 0. The molecular formula is C5H6N2O2S. The maximum Gasteiger partial charge on any atom is 0.190 e. The quantitative estimate of drug-likeness (QED) is 0.574. The zero-order chi connectivity index (χ0) is 7.56. The maximum absolute atomic E-state index is 10.4. The third-order valence-corrected chi connectivity index (χ3v) is 1.72. The van der Waals surface area contributed by atoms with Crippen LogP contribution in [0.25, 0.3) is 0 Å². The Balaban J connectivity index is 3.15. The molecule has 1 heterocycles. The molecule has 0 aliphatic rings. The average molecular weight is 158 g/mol. The van der Waals surface area contributed by atoms with Crippen molar-refractivity contribution in [2.24, 2.45) is 0 Å². The third kappa shape index (κ3) is 1.31. The van der Waals surface area contributed by atoms with Crippen LogP contribution < -0.4 is 5.73 Å². The van der Waals surface area contributed by atoms with Crippen LogP contribution in [-0.4, -0.2) is 13.7 Å². The van der Waals surface area contributed by atoms with Gasteiger partial charge in [0.15, 0.2) is 11.1 Å². The van der Waals surface area contributed by atoms with Crippen molar-refractivity contribution >= 4 is 16.8 Å². The number of pyridine rings is 1. The van der Waals surface area contributed by atoms with E-state index < -0.39 is 11.1 Å². The smallest absolute Gasteiger partial charge is 0.190 e. The highest BCUT2D eigenvalue weighted by molar-refractivity contribution is 7.79. The van der Waals surface area contributed by atoms with E-state index in [4.69, 9.17) is 10.3 Å². The summed E-state index contributed by atoms with van der Waals surface area (Å²) in [5, 5.41) is 0. The number of anilines is 1. The Labute approximate surface area is 60.4 Å². The van der Waals surface area contributed by atoms with Gasteiger partial charge in [-0.15, -0.1) is 0 Å². The normalized spacial score (nSPS) is 12.9. The van der Waals surface area contributed by atoms with Gasteiger partial charge in [-0.2, -0.15) is 0 Å². The highest BCUT2D eigenvalue weighted by Crippen LogP contribution is 2.11. The molecule has 0 aliphatic carbocycles. The molecule has 0 saturated heterocycles. The van der Waals surface area contributed by atoms with Gasteiger partial charge in [0.2, 0.25) is 0 Å². The molecule has 3 N–H and O–H groups in total. The fourth-order valence-electron chi connectivity index (χ4n) is 0.537. The van der Waals surface area contributed by atoms with E-state index in [1.807, 2.05) is 0 Å². The Morgan fingerprint density at radius 2 is 2.40 bits per heavy atom. The molecule has 4 nitrogen and oxygen atoms in total. The molecule has 0 radical (unpaired) electrons. The van der Waals surface area contributed by atoms with Crippen molar-refractivity contribution in [1.82, 2.24) is 4.98 Å². The SMILES string of the molecule is Nc1ccncc1S(=O)O. The second-order valence-corrected chi connectivity index (χ2v) is 2.60. The van der Waals surface area contributed by atoms with Gasteiger partial charge in [0.1, 0.15) is 4.90 Å².